The second kappa shape index (κ2) is 4.38. The fourth-order valence-electron chi connectivity index (χ4n) is 2.00. The van der Waals surface area contributed by atoms with Crippen LogP contribution in [0.1, 0.15) is 0 Å². The van der Waals surface area contributed by atoms with Gasteiger partial charge in [0.1, 0.15) is 5.03 Å². The predicted octanol–water partition coefficient (Wildman–Crippen LogP) is 3.33. The van der Waals surface area contributed by atoms with Crippen LogP contribution in [0.25, 0.3) is 16.6 Å². The zero-order chi connectivity index (χ0) is 12.5. The van der Waals surface area contributed by atoms with E-state index in [4.69, 9.17) is 5.73 Å². The molecule has 18 heavy (non-hydrogen) atoms. The lowest BCUT2D eigenvalue weighted by atomic mass is 10.2. The number of nitrogens with zero attached hydrogens (tertiary/aromatic N) is 2. The molecule has 2 aromatic carbocycles. The summed E-state index contributed by atoms with van der Waals surface area (Å²) in [4.78, 5) is 0. The molecule has 0 atom stereocenters. The molecule has 0 aliphatic rings. The summed E-state index contributed by atoms with van der Waals surface area (Å²) in [6.45, 7) is 0. The lowest BCUT2D eigenvalue weighted by molar-refractivity contribution is 0.862. The van der Waals surface area contributed by atoms with E-state index in [0.717, 1.165) is 21.9 Å². The van der Waals surface area contributed by atoms with E-state index in [1.54, 1.807) is 11.8 Å². The van der Waals surface area contributed by atoms with Gasteiger partial charge in [0.2, 0.25) is 0 Å². The van der Waals surface area contributed by atoms with Crippen molar-refractivity contribution in [2.45, 2.75) is 5.03 Å². The highest BCUT2D eigenvalue weighted by Crippen LogP contribution is 2.27. The summed E-state index contributed by atoms with van der Waals surface area (Å²) < 4.78 is 1.96. The molecule has 0 amide bonds. The lowest BCUT2D eigenvalue weighted by Gasteiger charge is -2.03. The van der Waals surface area contributed by atoms with Crippen molar-refractivity contribution in [2.24, 2.45) is 0 Å². The standard InChI is InChI=1S/C14H13N3S/c1-18-14-12-4-2-3-5-13(12)17(16-14)11-8-6-10(15)7-9-11/h2-9H,15H2,1H3. The number of anilines is 1. The summed E-state index contributed by atoms with van der Waals surface area (Å²) in [7, 11) is 0. The van der Waals surface area contributed by atoms with Gasteiger partial charge in [0.25, 0.3) is 0 Å². The summed E-state index contributed by atoms with van der Waals surface area (Å²) >= 11 is 1.66. The summed E-state index contributed by atoms with van der Waals surface area (Å²) in [5.74, 6) is 0. The molecule has 0 fully saturated rings. The average molecular weight is 255 g/mol. The van der Waals surface area contributed by atoms with Crippen molar-refractivity contribution >= 4 is 28.4 Å². The van der Waals surface area contributed by atoms with E-state index in [1.165, 1.54) is 5.39 Å². The minimum absolute atomic E-state index is 0.764. The van der Waals surface area contributed by atoms with Gasteiger partial charge >= 0.3 is 0 Å². The Hall–Kier alpha value is -1.94. The summed E-state index contributed by atoms with van der Waals surface area (Å²) in [6, 6.07) is 16.0. The van der Waals surface area contributed by atoms with Crippen LogP contribution in [-0.4, -0.2) is 16.0 Å². The average Bonchev–Trinajstić information content (AvgIpc) is 2.79. The molecule has 0 bridgehead atoms. The first-order valence-corrected chi connectivity index (χ1v) is 6.90. The molecule has 0 aliphatic carbocycles. The highest BCUT2D eigenvalue weighted by molar-refractivity contribution is 7.98. The predicted molar refractivity (Wildman–Crippen MR) is 77.3 cm³/mol. The molecule has 4 heteroatoms. The first kappa shape index (κ1) is 11.2. The maximum Gasteiger partial charge on any atom is 0.126 e. The smallest absolute Gasteiger partial charge is 0.126 e. The van der Waals surface area contributed by atoms with Crippen LogP contribution in [0.15, 0.2) is 53.6 Å². The van der Waals surface area contributed by atoms with Crippen molar-refractivity contribution in [2.75, 3.05) is 12.0 Å². The Kier molecular flexibility index (Phi) is 2.72. The zero-order valence-corrected chi connectivity index (χ0v) is 10.8. The number of rotatable bonds is 2. The van der Waals surface area contributed by atoms with Crippen LogP contribution in [0.3, 0.4) is 0 Å². The summed E-state index contributed by atoms with van der Waals surface area (Å²) in [5, 5.41) is 6.87. The fraction of sp³-hybridized carbons (Fsp3) is 0.0714. The Morgan fingerprint density at radius 1 is 1.06 bits per heavy atom. The highest BCUT2D eigenvalue weighted by Gasteiger charge is 2.09. The second-order valence-electron chi connectivity index (χ2n) is 4.03. The maximum atomic E-state index is 5.71. The Morgan fingerprint density at radius 3 is 2.50 bits per heavy atom. The van der Waals surface area contributed by atoms with E-state index < -0.39 is 0 Å². The van der Waals surface area contributed by atoms with E-state index in [1.807, 2.05) is 47.3 Å². The largest absolute Gasteiger partial charge is 0.399 e. The van der Waals surface area contributed by atoms with Crippen molar-refractivity contribution in [1.29, 1.82) is 0 Å². The van der Waals surface area contributed by atoms with E-state index in [0.29, 0.717) is 0 Å². The molecule has 3 nitrogen and oxygen atoms in total. The fourth-order valence-corrected chi connectivity index (χ4v) is 2.56. The van der Waals surface area contributed by atoms with E-state index in [2.05, 4.69) is 17.2 Å². The van der Waals surface area contributed by atoms with Crippen LogP contribution in [0.5, 0.6) is 0 Å². The maximum absolute atomic E-state index is 5.71. The van der Waals surface area contributed by atoms with Crippen molar-refractivity contribution in [3.8, 4) is 5.69 Å². The van der Waals surface area contributed by atoms with Crippen molar-refractivity contribution in [1.82, 2.24) is 9.78 Å². The summed E-state index contributed by atoms with van der Waals surface area (Å²) in [5.41, 5.74) is 8.62. The number of benzene rings is 2. The molecular formula is C14H13N3S. The van der Waals surface area contributed by atoms with Gasteiger partial charge in [-0.3, -0.25) is 0 Å². The van der Waals surface area contributed by atoms with Crippen LogP contribution in [0, 0.1) is 0 Å². The molecule has 90 valence electrons. The van der Waals surface area contributed by atoms with Crippen LogP contribution in [0.2, 0.25) is 0 Å². The highest BCUT2D eigenvalue weighted by atomic mass is 32.2. The van der Waals surface area contributed by atoms with Gasteiger partial charge in [0, 0.05) is 11.1 Å². The van der Waals surface area contributed by atoms with Crippen molar-refractivity contribution < 1.29 is 0 Å². The number of hydrogen-bond acceptors (Lipinski definition) is 3. The number of thioether (sulfide) groups is 1. The van der Waals surface area contributed by atoms with E-state index in [9.17, 15) is 0 Å². The second-order valence-corrected chi connectivity index (χ2v) is 4.82. The first-order valence-electron chi connectivity index (χ1n) is 5.67. The van der Waals surface area contributed by atoms with Crippen molar-refractivity contribution in [3.63, 3.8) is 0 Å². The molecule has 1 aromatic heterocycles. The van der Waals surface area contributed by atoms with Crippen molar-refractivity contribution in [3.05, 3.63) is 48.5 Å². The number of para-hydroxylation sites is 1. The quantitative estimate of drug-likeness (QED) is 0.564. The summed E-state index contributed by atoms with van der Waals surface area (Å²) in [6.07, 6.45) is 2.04. The lowest BCUT2D eigenvalue weighted by Crippen LogP contribution is -1.96. The van der Waals surface area contributed by atoms with Gasteiger partial charge in [-0.25, -0.2) is 4.68 Å². The minimum atomic E-state index is 0.764. The molecule has 0 radical (unpaired) electrons. The molecule has 3 rings (SSSR count). The van der Waals surface area contributed by atoms with E-state index in [-0.39, 0.29) is 0 Å². The topological polar surface area (TPSA) is 43.8 Å². The Bertz CT molecular complexity index is 686. The molecule has 0 saturated carbocycles. The molecule has 0 spiro atoms. The van der Waals surface area contributed by atoms with Crippen LogP contribution >= 0.6 is 11.8 Å². The molecule has 1 heterocycles. The molecule has 0 aliphatic heterocycles. The third-order valence-corrected chi connectivity index (χ3v) is 3.57. The number of nitrogens with two attached hydrogens (primary N) is 1. The van der Waals surface area contributed by atoms with Gasteiger partial charge in [0.15, 0.2) is 0 Å². The van der Waals surface area contributed by atoms with Gasteiger partial charge in [-0.05, 0) is 36.6 Å². The molecule has 3 aromatic rings. The van der Waals surface area contributed by atoms with Crippen LogP contribution in [-0.2, 0) is 0 Å². The van der Waals surface area contributed by atoms with Gasteiger partial charge < -0.3 is 5.73 Å². The molecule has 0 saturated heterocycles. The monoisotopic (exact) mass is 255 g/mol. The number of nitrogen functional groups attached to an aromatic ring is 1. The number of hydrogen-bond donors (Lipinski definition) is 1. The third kappa shape index (κ3) is 1.75. The first-order chi connectivity index (χ1) is 8.79. The van der Waals surface area contributed by atoms with Gasteiger partial charge in [-0.15, -0.1) is 11.8 Å². The van der Waals surface area contributed by atoms with Gasteiger partial charge in [0.05, 0.1) is 11.2 Å². The third-order valence-electron chi connectivity index (χ3n) is 2.88. The Labute approximate surface area is 110 Å². The number of aromatic nitrogens is 2. The zero-order valence-electron chi connectivity index (χ0n) is 10.00. The Morgan fingerprint density at radius 2 is 1.78 bits per heavy atom. The molecule has 0 unspecified atom stereocenters. The van der Waals surface area contributed by atoms with Gasteiger partial charge in [-0.1, -0.05) is 18.2 Å². The minimum Gasteiger partial charge on any atom is -0.399 e. The van der Waals surface area contributed by atoms with Crippen LogP contribution in [0.4, 0.5) is 5.69 Å². The van der Waals surface area contributed by atoms with Crippen LogP contribution < -0.4 is 5.73 Å². The molecule has 2 N–H and O–H groups in total. The van der Waals surface area contributed by atoms with E-state index >= 15 is 0 Å². The number of fused-ring (bicyclic) bond motifs is 1. The SMILES string of the molecule is CSc1nn(-c2ccc(N)cc2)c2ccccc12. The normalized spacial score (nSPS) is 10.9. The van der Waals surface area contributed by atoms with Gasteiger partial charge in [-0.2, -0.15) is 5.10 Å². The Balaban J connectivity index is 2.26. The molecular weight excluding hydrogens is 242 g/mol.